The van der Waals surface area contributed by atoms with E-state index in [1.807, 2.05) is 6.92 Å². The number of sulfonamides is 1. The Balaban J connectivity index is 1.34. The molecule has 14 heteroatoms. The highest BCUT2D eigenvalue weighted by atomic mass is 32.2. The molecule has 1 saturated heterocycles. The highest BCUT2D eigenvalue weighted by Crippen LogP contribution is 2.30. The molecule has 1 atom stereocenters. The van der Waals surface area contributed by atoms with Gasteiger partial charge in [0.25, 0.3) is 5.91 Å². The van der Waals surface area contributed by atoms with Crippen molar-refractivity contribution in [2.45, 2.75) is 43.9 Å². The van der Waals surface area contributed by atoms with Gasteiger partial charge in [0.1, 0.15) is 17.8 Å². The first-order valence-corrected chi connectivity index (χ1v) is 14.6. The SMILES string of the molecule is CCOc1cncc(-c2cnc(C(=O)N[C@@H](CN3CCCC3)c3cc(NS(=O)(=O)C4CC4)ncn3)s2)n1. The fourth-order valence-corrected chi connectivity index (χ4v) is 6.16. The van der Waals surface area contributed by atoms with E-state index in [0.29, 0.717) is 48.1 Å². The zero-order valence-electron chi connectivity index (χ0n) is 20.3. The fourth-order valence-electron chi connectivity index (χ4n) is 4.06. The molecule has 1 aliphatic carbocycles. The van der Waals surface area contributed by atoms with Crippen molar-refractivity contribution >= 4 is 33.1 Å². The van der Waals surface area contributed by atoms with Crippen LogP contribution < -0.4 is 14.8 Å². The molecule has 1 saturated carbocycles. The van der Waals surface area contributed by atoms with Crippen LogP contribution in [0, 0.1) is 0 Å². The van der Waals surface area contributed by atoms with Crippen molar-refractivity contribution in [1.29, 1.82) is 0 Å². The van der Waals surface area contributed by atoms with Gasteiger partial charge in [-0.1, -0.05) is 0 Å². The lowest BCUT2D eigenvalue weighted by Crippen LogP contribution is -2.37. The Morgan fingerprint density at radius 1 is 1.19 bits per heavy atom. The molecule has 37 heavy (non-hydrogen) atoms. The van der Waals surface area contributed by atoms with Crippen LogP contribution in [0.4, 0.5) is 5.82 Å². The molecule has 0 unspecified atom stereocenters. The van der Waals surface area contributed by atoms with Gasteiger partial charge < -0.3 is 15.0 Å². The zero-order valence-corrected chi connectivity index (χ0v) is 22.0. The standard InChI is InChI=1S/C23H28N8O4S2/c1-2-35-21-12-24-10-17(28-21)19-11-25-23(36-19)22(32)29-18(13-31-7-3-4-8-31)16-9-20(27-14-26-16)30-37(33,34)15-5-6-15/h9-12,14-15,18H,2-8,13H2,1H3,(H,29,32)(H,26,27,30)/t18-/m0/s1. The van der Waals surface area contributed by atoms with Crippen LogP contribution in [0.1, 0.15) is 54.1 Å². The van der Waals surface area contributed by atoms with Crippen LogP contribution in [0.5, 0.6) is 5.88 Å². The molecule has 0 radical (unpaired) electrons. The predicted octanol–water partition coefficient (Wildman–Crippen LogP) is 2.26. The molecule has 2 N–H and O–H groups in total. The summed E-state index contributed by atoms with van der Waals surface area (Å²) in [6.45, 7) is 4.73. The molecule has 3 aromatic heterocycles. The maximum Gasteiger partial charge on any atom is 0.280 e. The van der Waals surface area contributed by atoms with E-state index in [1.54, 1.807) is 18.5 Å². The number of amides is 1. The first kappa shape index (κ1) is 25.4. The van der Waals surface area contributed by atoms with Gasteiger partial charge >= 0.3 is 0 Å². The molecule has 196 valence electrons. The lowest BCUT2D eigenvalue weighted by molar-refractivity contribution is 0.0925. The number of aromatic nitrogens is 5. The van der Waals surface area contributed by atoms with Gasteiger partial charge in [-0.15, -0.1) is 11.3 Å². The Morgan fingerprint density at radius 3 is 2.76 bits per heavy atom. The van der Waals surface area contributed by atoms with Crippen molar-refractivity contribution in [1.82, 2.24) is 35.1 Å². The molecule has 0 aromatic carbocycles. The Morgan fingerprint density at radius 2 is 2.00 bits per heavy atom. The summed E-state index contributed by atoms with van der Waals surface area (Å²) in [5.41, 5.74) is 1.09. The van der Waals surface area contributed by atoms with E-state index in [2.05, 4.69) is 39.9 Å². The summed E-state index contributed by atoms with van der Waals surface area (Å²) in [4.78, 5) is 37.5. The van der Waals surface area contributed by atoms with E-state index in [-0.39, 0.29) is 22.0 Å². The number of hydrogen-bond donors (Lipinski definition) is 2. The second-order valence-corrected chi connectivity index (χ2v) is 11.9. The normalized spacial score (nSPS) is 16.9. The number of nitrogens with zero attached hydrogens (tertiary/aromatic N) is 6. The molecule has 3 aromatic rings. The third-order valence-corrected chi connectivity index (χ3v) is 8.92. The maximum atomic E-state index is 13.2. The topological polar surface area (TPSA) is 152 Å². The summed E-state index contributed by atoms with van der Waals surface area (Å²) in [6, 6.07) is 1.11. The molecule has 1 aliphatic heterocycles. The van der Waals surface area contributed by atoms with Crippen molar-refractivity contribution in [2.75, 3.05) is 31.0 Å². The van der Waals surface area contributed by atoms with Gasteiger partial charge in [0.15, 0.2) is 5.01 Å². The summed E-state index contributed by atoms with van der Waals surface area (Å²) < 4.78 is 32.7. The van der Waals surface area contributed by atoms with Gasteiger partial charge in [-0.25, -0.2) is 28.4 Å². The number of anilines is 1. The fraction of sp³-hybridized carbons (Fsp3) is 0.478. The average molecular weight is 545 g/mol. The molecular formula is C23H28N8O4S2. The van der Waals surface area contributed by atoms with Gasteiger partial charge in [-0.3, -0.25) is 14.5 Å². The third kappa shape index (κ3) is 6.37. The van der Waals surface area contributed by atoms with Crippen LogP contribution in [0.2, 0.25) is 0 Å². The lowest BCUT2D eigenvalue weighted by Gasteiger charge is -2.24. The maximum absolute atomic E-state index is 13.2. The largest absolute Gasteiger partial charge is 0.477 e. The Labute approximate surface area is 219 Å². The van der Waals surface area contributed by atoms with Gasteiger partial charge in [0.2, 0.25) is 15.9 Å². The molecule has 0 bridgehead atoms. The van der Waals surface area contributed by atoms with E-state index in [1.165, 1.54) is 23.9 Å². The summed E-state index contributed by atoms with van der Waals surface area (Å²) in [5.74, 6) is 0.247. The number of ether oxygens (including phenoxy) is 1. The monoisotopic (exact) mass is 544 g/mol. The summed E-state index contributed by atoms with van der Waals surface area (Å²) in [6.07, 6.45) is 9.52. The quantitative estimate of drug-likeness (QED) is 0.368. The number of hydrogen-bond acceptors (Lipinski definition) is 11. The lowest BCUT2D eigenvalue weighted by atomic mass is 10.1. The minimum absolute atomic E-state index is 0.196. The van der Waals surface area contributed by atoms with Crippen LogP contribution in [0.25, 0.3) is 10.6 Å². The van der Waals surface area contributed by atoms with E-state index < -0.39 is 16.1 Å². The van der Waals surface area contributed by atoms with E-state index in [0.717, 1.165) is 25.9 Å². The Kier molecular flexibility index (Phi) is 7.58. The first-order valence-electron chi connectivity index (χ1n) is 12.2. The van der Waals surface area contributed by atoms with E-state index in [9.17, 15) is 13.2 Å². The average Bonchev–Trinajstić information content (AvgIpc) is 3.42. The van der Waals surface area contributed by atoms with Gasteiger partial charge in [-0.05, 0) is 45.7 Å². The minimum atomic E-state index is -3.47. The molecule has 5 rings (SSSR count). The molecule has 1 amide bonds. The number of carbonyl (C=O) groups is 1. The molecule has 0 spiro atoms. The smallest absolute Gasteiger partial charge is 0.280 e. The first-order chi connectivity index (χ1) is 17.9. The van der Waals surface area contributed by atoms with E-state index >= 15 is 0 Å². The van der Waals surface area contributed by atoms with Crippen molar-refractivity contribution in [3.05, 3.63) is 41.7 Å². The van der Waals surface area contributed by atoms with Crippen molar-refractivity contribution in [3.8, 4) is 16.5 Å². The minimum Gasteiger partial charge on any atom is -0.477 e. The molecule has 12 nitrogen and oxygen atoms in total. The predicted molar refractivity (Wildman–Crippen MR) is 138 cm³/mol. The van der Waals surface area contributed by atoms with Gasteiger partial charge in [0, 0.05) is 18.8 Å². The van der Waals surface area contributed by atoms with Crippen LogP contribution >= 0.6 is 11.3 Å². The number of likely N-dealkylation sites (tertiary alicyclic amines) is 1. The molecular weight excluding hydrogens is 516 g/mol. The summed E-state index contributed by atoms with van der Waals surface area (Å²) in [7, 11) is -3.47. The summed E-state index contributed by atoms with van der Waals surface area (Å²) >= 11 is 1.20. The van der Waals surface area contributed by atoms with Crippen LogP contribution in [0.3, 0.4) is 0 Å². The third-order valence-electron chi connectivity index (χ3n) is 6.06. The van der Waals surface area contributed by atoms with Crippen LogP contribution in [-0.4, -0.2) is 75.6 Å². The number of thiazole rings is 1. The molecule has 4 heterocycles. The van der Waals surface area contributed by atoms with Crippen molar-refractivity contribution < 1.29 is 17.9 Å². The number of rotatable bonds is 11. The Hall–Kier alpha value is -3.23. The number of carbonyl (C=O) groups excluding carboxylic acids is 1. The number of nitrogens with one attached hydrogen (secondary N) is 2. The van der Waals surface area contributed by atoms with E-state index in [4.69, 9.17) is 4.74 Å². The van der Waals surface area contributed by atoms with Crippen molar-refractivity contribution in [3.63, 3.8) is 0 Å². The van der Waals surface area contributed by atoms with Crippen molar-refractivity contribution in [2.24, 2.45) is 0 Å². The zero-order chi connectivity index (χ0) is 25.8. The van der Waals surface area contributed by atoms with Crippen LogP contribution in [0.15, 0.2) is 31.0 Å². The van der Waals surface area contributed by atoms with Gasteiger partial charge in [0.05, 0.1) is 40.9 Å². The second kappa shape index (κ2) is 11.0. The van der Waals surface area contributed by atoms with Crippen LogP contribution in [-0.2, 0) is 10.0 Å². The second-order valence-electron chi connectivity index (χ2n) is 8.91. The highest BCUT2D eigenvalue weighted by molar-refractivity contribution is 7.93. The van der Waals surface area contributed by atoms with Gasteiger partial charge in [-0.2, -0.15) is 0 Å². The Bertz CT molecular complexity index is 1360. The molecule has 2 fully saturated rings. The molecule has 2 aliphatic rings. The summed E-state index contributed by atoms with van der Waals surface area (Å²) in [5, 5.41) is 2.94. The highest BCUT2D eigenvalue weighted by Gasteiger charge is 2.36.